The Bertz CT molecular complexity index is 549. The Morgan fingerprint density at radius 1 is 1.19 bits per heavy atom. The summed E-state index contributed by atoms with van der Waals surface area (Å²) in [5.74, 6) is 1.55. The van der Waals surface area contributed by atoms with Crippen LogP contribution in [-0.4, -0.2) is 39.7 Å². The normalized spacial score (nSPS) is 21.8. The van der Waals surface area contributed by atoms with Gasteiger partial charge < -0.3 is 14.2 Å². The number of rotatable bonds is 6. The first-order chi connectivity index (χ1) is 10.2. The zero-order valence-electron chi connectivity index (χ0n) is 13.0. The first-order valence-electron chi connectivity index (χ1n) is 7.52. The van der Waals surface area contributed by atoms with E-state index in [1.165, 1.54) is 18.4 Å². The van der Waals surface area contributed by atoms with Crippen LogP contribution >= 0.6 is 0 Å². The van der Waals surface area contributed by atoms with Crippen LogP contribution in [0.3, 0.4) is 0 Å². The quantitative estimate of drug-likeness (QED) is 0.756. The molecule has 0 amide bonds. The minimum Gasteiger partial charge on any atom is -0.493 e. The molecule has 1 heterocycles. The molecule has 3 rings (SSSR count). The summed E-state index contributed by atoms with van der Waals surface area (Å²) in [5, 5.41) is 0. The van der Waals surface area contributed by atoms with Gasteiger partial charge in [0.15, 0.2) is 11.5 Å². The van der Waals surface area contributed by atoms with Gasteiger partial charge in [-0.1, -0.05) is 6.92 Å². The molecule has 0 bridgehead atoms. The van der Waals surface area contributed by atoms with Gasteiger partial charge in [0.25, 0.3) is 0 Å². The maximum Gasteiger partial charge on any atom is 0.161 e. The van der Waals surface area contributed by atoms with Gasteiger partial charge in [-0.25, -0.2) is 0 Å². The van der Waals surface area contributed by atoms with E-state index in [4.69, 9.17) is 19.2 Å². The Labute approximate surface area is 126 Å². The van der Waals surface area contributed by atoms with Crippen LogP contribution in [0.25, 0.3) is 0 Å². The topological polar surface area (TPSA) is 40.0 Å². The lowest BCUT2D eigenvalue weighted by molar-refractivity contribution is 0.144. The molecule has 0 aromatic heterocycles. The Hall–Kier alpha value is -1.55. The van der Waals surface area contributed by atoms with E-state index in [0.29, 0.717) is 24.7 Å². The van der Waals surface area contributed by atoms with Crippen molar-refractivity contribution in [2.45, 2.75) is 32.2 Å². The second-order valence-electron chi connectivity index (χ2n) is 6.20. The summed E-state index contributed by atoms with van der Waals surface area (Å²) in [6, 6.07) is 4.53. The molecule has 4 nitrogen and oxygen atoms in total. The molecule has 1 aliphatic carbocycles. The molecule has 1 saturated carbocycles. The third kappa shape index (κ3) is 2.91. The van der Waals surface area contributed by atoms with Crippen molar-refractivity contribution in [1.29, 1.82) is 0 Å². The van der Waals surface area contributed by atoms with Gasteiger partial charge in [-0.05, 0) is 47.9 Å². The van der Waals surface area contributed by atoms with Crippen molar-refractivity contribution in [2.24, 2.45) is 10.4 Å². The molecule has 114 valence electrons. The summed E-state index contributed by atoms with van der Waals surface area (Å²) in [4.78, 5) is 4.74. The molecule has 0 unspecified atom stereocenters. The monoisotopic (exact) mass is 289 g/mol. The van der Waals surface area contributed by atoms with Crippen molar-refractivity contribution in [3.8, 4) is 11.5 Å². The minimum atomic E-state index is 0.408. The van der Waals surface area contributed by atoms with Crippen molar-refractivity contribution in [3.05, 3.63) is 23.3 Å². The van der Waals surface area contributed by atoms with E-state index < -0.39 is 0 Å². The van der Waals surface area contributed by atoms with E-state index in [-0.39, 0.29) is 0 Å². The lowest BCUT2D eigenvalue weighted by atomic mass is 9.88. The van der Waals surface area contributed by atoms with Gasteiger partial charge in [0.1, 0.15) is 6.61 Å². The van der Waals surface area contributed by atoms with E-state index in [0.717, 1.165) is 23.5 Å². The minimum absolute atomic E-state index is 0.408. The molecule has 21 heavy (non-hydrogen) atoms. The number of benzene rings is 1. The van der Waals surface area contributed by atoms with Gasteiger partial charge in [-0.3, -0.25) is 4.99 Å². The maximum absolute atomic E-state index is 5.78. The first kappa shape index (κ1) is 14.4. The van der Waals surface area contributed by atoms with Gasteiger partial charge in [0.2, 0.25) is 0 Å². The number of fused-ring (bicyclic) bond motifs is 1. The fraction of sp³-hybridized carbons (Fsp3) is 0.588. The van der Waals surface area contributed by atoms with Crippen LogP contribution in [0.2, 0.25) is 0 Å². The number of aliphatic imine (C=N–C) groups is 1. The van der Waals surface area contributed by atoms with Gasteiger partial charge in [-0.15, -0.1) is 0 Å². The molecule has 4 heteroatoms. The predicted octanol–water partition coefficient (Wildman–Crippen LogP) is 2.86. The van der Waals surface area contributed by atoms with Crippen LogP contribution in [0.4, 0.5) is 0 Å². The second kappa shape index (κ2) is 5.68. The molecule has 1 aromatic rings. The Kier molecular flexibility index (Phi) is 3.89. The summed E-state index contributed by atoms with van der Waals surface area (Å²) in [5.41, 5.74) is 2.85. The molecule has 1 aromatic carbocycles. The highest BCUT2D eigenvalue weighted by Crippen LogP contribution is 2.51. The fourth-order valence-corrected chi connectivity index (χ4v) is 2.81. The second-order valence-corrected chi connectivity index (χ2v) is 6.20. The van der Waals surface area contributed by atoms with Crippen LogP contribution < -0.4 is 9.47 Å². The Morgan fingerprint density at radius 2 is 2.00 bits per heavy atom. The van der Waals surface area contributed by atoms with Crippen LogP contribution in [0.1, 0.15) is 30.9 Å². The highest BCUT2D eigenvalue weighted by Gasteiger charge is 2.45. The average Bonchev–Trinajstić information content (AvgIpc) is 3.25. The van der Waals surface area contributed by atoms with Gasteiger partial charge in [-0.2, -0.15) is 0 Å². The third-order valence-electron chi connectivity index (χ3n) is 4.62. The molecule has 0 spiro atoms. The summed E-state index contributed by atoms with van der Waals surface area (Å²) in [7, 11) is 3.34. The molecular weight excluding hydrogens is 266 g/mol. The highest BCUT2D eigenvalue weighted by molar-refractivity contribution is 5.84. The van der Waals surface area contributed by atoms with Crippen LogP contribution in [0.15, 0.2) is 17.1 Å². The number of hydrogen-bond acceptors (Lipinski definition) is 4. The van der Waals surface area contributed by atoms with E-state index in [2.05, 4.69) is 13.0 Å². The number of ether oxygens (including phenoxy) is 3. The summed E-state index contributed by atoms with van der Waals surface area (Å²) < 4.78 is 16.2. The Morgan fingerprint density at radius 3 is 2.67 bits per heavy atom. The lowest BCUT2D eigenvalue weighted by Gasteiger charge is -2.25. The number of hydrogen-bond donors (Lipinski definition) is 0. The van der Waals surface area contributed by atoms with Crippen molar-refractivity contribution in [2.75, 3.05) is 27.4 Å². The standard InChI is InChI=1S/C17H23NO3/c1-17(4-5-17)16-10-12-8-15(21-7-6-19-2)14(20-3)9-13(12)11-18-16/h8-9,11,16H,4-7,10H2,1-3H3/t16-/m1/s1. The molecule has 1 atom stereocenters. The van der Waals surface area contributed by atoms with E-state index >= 15 is 0 Å². The van der Waals surface area contributed by atoms with Crippen LogP contribution in [0, 0.1) is 5.41 Å². The highest BCUT2D eigenvalue weighted by atomic mass is 16.5. The van der Waals surface area contributed by atoms with Gasteiger partial charge in [0.05, 0.1) is 19.8 Å². The molecule has 0 saturated heterocycles. The van der Waals surface area contributed by atoms with Crippen molar-refractivity contribution >= 4 is 6.21 Å². The molecule has 1 fully saturated rings. The fourth-order valence-electron chi connectivity index (χ4n) is 2.81. The largest absolute Gasteiger partial charge is 0.493 e. The van der Waals surface area contributed by atoms with Crippen molar-refractivity contribution in [3.63, 3.8) is 0 Å². The number of nitrogens with zero attached hydrogens (tertiary/aromatic N) is 1. The lowest BCUT2D eigenvalue weighted by Crippen LogP contribution is -2.24. The molecule has 0 radical (unpaired) electrons. The summed E-state index contributed by atoms with van der Waals surface area (Å²) >= 11 is 0. The summed E-state index contributed by atoms with van der Waals surface area (Å²) in [6.45, 7) is 3.43. The van der Waals surface area contributed by atoms with E-state index in [1.54, 1.807) is 14.2 Å². The predicted molar refractivity (Wildman–Crippen MR) is 82.8 cm³/mol. The molecule has 0 N–H and O–H groups in total. The number of methoxy groups -OCH3 is 2. The Balaban J connectivity index is 1.82. The van der Waals surface area contributed by atoms with Crippen molar-refractivity contribution < 1.29 is 14.2 Å². The zero-order valence-corrected chi connectivity index (χ0v) is 13.0. The van der Waals surface area contributed by atoms with E-state index in [9.17, 15) is 0 Å². The van der Waals surface area contributed by atoms with Crippen molar-refractivity contribution in [1.82, 2.24) is 0 Å². The van der Waals surface area contributed by atoms with E-state index in [1.807, 2.05) is 12.3 Å². The van der Waals surface area contributed by atoms with Gasteiger partial charge in [0, 0.05) is 13.3 Å². The maximum atomic E-state index is 5.78. The third-order valence-corrected chi connectivity index (χ3v) is 4.62. The molecular formula is C17H23NO3. The zero-order chi connectivity index (χ0) is 14.9. The van der Waals surface area contributed by atoms with Crippen LogP contribution in [-0.2, 0) is 11.2 Å². The smallest absolute Gasteiger partial charge is 0.161 e. The van der Waals surface area contributed by atoms with Gasteiger partial charge >= 0.3 is 0 Å². The average molecular weight is 289 g/mol. The molecule has 2 aliphatic rings. The molecule has 1 aliphatic heterocycles. The summed E-state index contributed by atoms with van der Waals surface area (Å²) in [6.07, 6.45) is 5.57. The first-order valence-corrected chi connectivity index (χ1v) is 7.52. The van der Waals surface area contributed by atoms with Crippen LogP contribution in [0.5, 0.6) is 11.5 Å². The SMILES string of the molecule is COCCOc1cc2c(cc1OC)C=N[C@@H](C1(C)CC1)C2.